The molecular weight excluding hydrogens is 144 g/mol. The van der Waals surface area contributed by atoms with E-state index in [-0.39, 0.29) is 5.41 Å². The molecule has 0 bridgehead atoms. The highest BCUT2D eigenvalue weighted by atomic mass is 19.1. The third-order valence-electron chi connectivity index (χ3n) is 1.28. The normalized spacial score (nSPS) is 11.6. The van der Waals surface area contributed by atoms with Crippen LogP contribution in [0.3, 0.4) is 0 Å². The Morgan fingerprint density at radius 2 is 2.18 bits per heavy atom. The molecule has 0 aromatic carbocycles. The first-order valence-corrected chi connectivity index (χ1v) is 3.39. The fourth-order valence-corrected chi connectivity index (χ4v) is 0.666. The summed E-state index contributed by atoms with van der Waals surface area (Å²) in [5.41, 5.74) is -0.117. The van der Waals surface area contributed by atoms with Gasteiger partial charge in [0.15, 0.2) is 5.82 Å². The lowest BCUT2D eigenvalue weighted by Gasteiger charge is -2.11. The molecule has 0 spiro atoms. The van der Waals surface area contributed by atoms with Crippen molar-refractivity contribution in [3.63, 3.8) is 0 Å². The molecule has 11 heavy (non-hydrogen) atoms. The molecule has 3 nitrogen and oxygen atoms in total. The Labute approximate surface area is 65.9 Å². The molecule has 1 aromatic heterocycles. The lowest BCUT2D eigenvalue weighted by Crippen LogP contribution is -2.14. The van der Waals surface area contributed by atoms with Crippen LogP contribution < -0.4 is 0 Å². The number of nitrogens with zero attached hydrogens (tertiary/aromatic N) is 3. The highest BCUT2D eigenvalue weighted by Gasteiger charge is 2.18. The molecule has 5 heteroatoms. The van der Waals surface area contributed by atoms with Gasteiger partial charge in [-0.05, 0) is 0 Å². The van der Waals surface area contributed by atoms with Crippen LogP contribution in [0, 0.1) is 0 Å². The molecule has 1 radical (unpaired) electrons. The number of hydrogen-bond acceptors (Lipinski definition) is 2. The fraction of sp³-hybridized carbons (Fsp3) is 0.667. The van der Waals surface area contributed by atoms with Gasteiger partial charge in [-0.2, -0.15) is 5.10 Å². The first kappa shape index (κ1) is 8.23. The van der Waals surface area contributed by atoms with Gasteiger partial charge in [0, 0.05) is 5.41 Å². The molecule has 1 heterocycles. The zero-order valence-electron chi connectivity index (χ0n) is 6.87. The van der Waals surface area contributed by atoms with Crippen LogP contribution in [-0.2, 0) is 5.41 Å². The van der Waals surface area contributed by atoms with Crippen molar-refractivity contribution in [2.24, 2.45) is 0 Å². The molecule has 0 fully saturated rings. The summed E-state index contributed by atoms with van der Waals surface area (Å²) < 4.78 is 12.9. The van der Waals surface area contributed by atoms with Crippen LogP contribution in [0.4, 0.5) is 4.32 Å². The molecule has 0 aliphatic carbocycles. The SMILES string of the molecule is CC(C)(C)c1ncn([B]F)n1. The van der Waals surface area contributed by atoms with E-state index in [4.69, 9.17) is 0 Å². The maximum absolute atomic E-state index is 11.9. The van der Waals surface area contributed by atoms with E-state index in [1.54, 1.807) is 0 Å². The van der Waals surface area contributed by atoms with Gasteiger partial charge < -0.3 is 4.32 Å². The van der Waals surface area contributed by atoms with Crippen molar-refractivity contribution >= 4 is 7.69 Å². The van der Waals surface area contributed by atoms with Gasteiger partial charge in [0.25, 0.3) is 0 Å². The predicted molar refractivity (Wildman–Crippen MR) is 41.0 cm³/mol. The Hall–Kier alpha value is -0.865. The molecule has 0 aliphatic rings. The standard InChI is InChI=1S/C6H10BFN3/c1-6(2,3)5-9-4-11(7-8)10-5/h4H,1-3H3. The van der Waals surface area contributed by atoms with Crippen molar-refractivity contribution in [2.45, 2.75) is 26.2 Å². The van der Waals surface area contributed by atoms with Crippen molar-refractivity contribution in [1.82, 2.24) is 14.7 Å². The second kappa shape index (κ2) is 2.64. The summed E-state index contributed by atoms with van der Waals surface area (Å²) in [4.78, 5) is 3.94. The average Bonchev–Trinajstić information content (AvgIpc) is 2.32. The first-order valence-electron chi connectivity index (χ1n) is 3.39. The third-order valence-corrected chi connectivity index (χ3v) is 1.28. The predicted octanol–water partition coefficient (Wildman–Crippen LogP) is 0.927. The van der Waals surface area contributed by atoms with Crippen molar-refractivity contribution in [3.05, 3.63) is 12.2 Å². The van der Waals surface area contributed by atoms with Gasteiger partial charge in [-0.25, -0.2) is 4.98 Å². The van der Waals surface area contributed by atoms with Crippen LogP contribution in [0.15, 0.2) is 6.33 Å². The van der Waals surface area contributed by atoms with Gasteiger partial charge >= 0.3 is 7.69 Å². The van der Waals surface area contributed by atoms with E-state index < -0.39 is 0 Å². The average molecular weight is 154 g/mol. The number of halogens is 1. The van der Waals surface area contributed by atoms with Gasteiger partial charge in [-0.1, -0.05) is 20.8 Å². The van der Waals surface area contributed by atoms with Gasteiger partial charge in [0.2, 0.25) is 0 Å². The minimum absolute atomic E-state index is 0.117. The topological polar surface area (TPSA) is 30.7 Å². The van der Waals surface area contributed by atoms with E-state index in [0.29, 0.717) is 13.5 Å². The molecule has 0 unspecified atom stereocenters. The Morgan fingerprint density at radius 1 is 1.55 bits per heavy atom. The smallest absolute Gasteiger partial charge is 0.304 e. The van der Waals surface area contributed by atoms with Gasteiger partial charge in [-0.15, -0.1) is 0 Å². The zero-order chi connectivity index (χ0) is 8.48. The van der Waals surface area contributed by atoms with E-state index >= 15 is 0 Å². The highest BCUT2D eigenvalue weighted by molar-refractivity contribution is 6.23. The van der Waals surface area contributed by atoms with Crippen LogP contribution in [0.2, 0.25) is 0 Å². The summed E-state index contributed by atoms with van der Waals surface area (Å²) in [5.74, 6) is 0.645. The van der Waals surface area contributed by atoms with Crippen LogP contribution in [0.1, 0.15) is 26.6 Å². The van der Waals surface area contributed by atoms with Crippen molar-refractivity contribution in [3.8, 4) is 0 Å². The first-order chi connectivity index (χ1) is 5.04. The van der Waals surface area contributed by atoms with Gasteiger partial charge in [-0.3, -0.25) is 4.59 Å². The Balaban J connectivity index is 2.89. The Kier molecular flexibility index (Phi) is 1.98. The summed E-state index contributed by atoms with van der Waals surface area (Å²) in [6.07, 6.45) is 1.35. The minimum atomic E-state index is -0.117. The molecule has 1 rings (SSSR count). The van der Waals surface area contributed by atoms with Crippen LogP contribution >= 0.6 is 0 Å². The van der Waals surface area contributed by atoms with E-state index in [9.17, 15) is 4.32 Å². The summed E-state index contributed by atoms with van der Waals surface area (Å²) >= 11 is 0. The van der Waals surface area contributed by atoms with Gasteiger partial charge in [0.05, 0.1) is 0 Å². The van der Waals surface area contributed by atoms with Crippen LogP contribution in [0.5, 0.6) is 0 Å². The minimum Gasteiger partial charge on any atom is -0.304 e. The fourth-order valence-electron chi connectivity index (χ4n) is 0.666. The van der Waals surface area contributed by atoms with Crippen molar-refractivity contribution < 1.29 is 4.32 Å². The molecule has 0 saturated carbocycles. The number of aromatic nitrogens is 3. The highest BCUT2D eigenvalue weighted by Crippen LogP contribution is 2.16. The molecule has 0 atom stereocenters. The molecule has 0 N–H and O–H groups in total. The molecule has 1 aromatic rings. The van der Waals surface area contributed by atoms with Crippen molar-refractivity contribution in [2.75, 3.05) is 0 Å². The van der Waals surface area contributed by atoms with Crippen LogP contribution in [-0.4, -0.2) is 22.4 Å². The quantitative estimate of drug-likeness (QED) is 0.563. The lowest BCUT2D eigenvalue weighted by molar-refractivity contribution is 0.545. The molecule has 0 aliphatic heterocycles. The summed E-state index contributed by atoms with van der Waals surface area (Å²) in [7, 11) is 0.377. The monoisotopic (exact) mass is 154 g/mol. The maximum Gasteiger partial charge on any atom is 0.513 e. The Bertz CT molecular complexity index is 240. The number of rotatable bonds is 1. The molecular formula is C6H10BFN3. The second-order valence-corrected chi connectivity index (χ2v) is 3.40. The van der Waals surface area contributed by atoms with E-state index in [0.717, 1.165) is 4.59 Å². The zero-order valence-corrected chi connectivity index (χ0v) is 6.87. The second-order valence-electron chi connectivity index (χ2n) is 3.40. The summed E-state index contributed by atoms with van der Waals surface area (Å²) in [5, 5.41) is 3.88. The molecule has 59 valence electrons. The van der Waals surface area contributed by atoms with Crippen molar-refractivity contribution in [1.29, 1.82) is 0 Å². The Morgan fingerprint density at radius 3 is 2.45 bits per heavy atom. The molecule has 0 amide bonds. The van der Waals surface area contributed by atoms with E-state index in [1.165, 1.54) is 6.33 Å². The largest absolute Gasteiger partial charge is 0.513 e. The lowest BCUT2D eigenvalue weighted by atomic mass is 9.96. The maximum atomic E-state index is 11.9. The summed E-state index contributed by atoms with van der Waals surface area (Å²) in [6, 6.07) is 0. The molecule has 0 saturated heterocycles. The van der Waals surface area contributed by atoms with Gasteiger partial charge in [0.1, 0.15) is 6.33 Å². The number of hydrogen-bond donors (Lipinski definition) is 0. The van der Waals surface area contributed by atoms with Crippen LogP contribution in [0.25, 0.3) is 0 Å². The van der Waals surface area contributed by atoms with E-state index in [2.05, 4.69) is 10.1 Å². The van der Waals surface area contributed by atoms with E-state index in [1.807, 2.05) is 20.8 Å². The third kappa shape index (κ3) is 1.79. The summed E-state index contributed by atoms with van der Waals surface area (Å²) in [6.45, 7) is 5.93.